The highest BCUT2D eigenvalue weighted by Gasteiger charge is 1.82. The molecule has 1 N–H and O–H groups in total. The van der Waals surface area contributed by atoms with Gasteiger partial charge in [-0.15, -0.1) is 0 Å². The minimum absolute atomic E-state index is 0.383. The van der Waals surface area contributed by atoms with Gasteiger partial charge in [0, 0.05) is 6.66 Å². The zero-order chi connectivity index (χ0) is 5.70. The van der Waals surface area contributed by atoms with Crippen LogP contribution in [-0.2, 0) is 9.09 Å². The van der Waals surface area contributed by atoms with Crippen LogP contribution in [0.25, 0.3) is 0 Å². The lowest BCUT2D eigenvalue weighted by atomic mass is 11.2. The molecular weight excluding hydrogens is 113 g/mol. The first-order valence-corrected chi connectivity index (χ1v) is 3.87. The van der Waals surface area contributed by atoms with E-state index in [1.807, 2.05) is 0 Å². The first-order valence-electron chi connectivity index (χ1n) is 2.05. The van der Waals surface area contributed by atoms with Gasteiger partial charge < -0.3 is 4.52 Å². The number of nitrogens with one attached hydrogen (secondary N) is 1. The normalized spacial score (nSPS) is 14.0. The molecule has 0 aromatic rings. The maximum Gasteiger partial charge on any atom is 0.189 e. The van der Waals surface area contributed by atoms with Crippen molar-refractivity contribution in [1.82, 2.24) is 5.32 Å². The summed E-state index contributed by atoms with van der Waals surface area (Å²) in [6.45, 7) is 1.94. The van der Waals surface area contributed by atoms with Crippen LogP contribution >= 0.6 is 8.03 Å². The lowest BCUT2D eigenvalue weighted by Gasteiger charge is -1.94. The second kappa shape index (κ2) is 4.31. The molecule has 0 aliphatic heterocycles. The maximum atomic E-state index is 10.1. The minimum atomic E-state index is -1.71. The van der Waals surface area contributed by atoms with Crippen LogP contribution in [0.5, 0.6) is 0 Å². The Kier molecular flexibility index (Phi) is 4.41. The molecule has 0 aromatic heterocycles. The van der Waals surface area contributed by atoms with Crippen molar-refractivity contribution in [3.63, 3.8) is 0 Å². The second-order valence-electron chi connectivity index (χ2n) is 1.13. The molecule has 0 saturated heterocycles. The maximum absolute atomic E-state index is 10.1. The molecule has 0 spiro atoms. The molecule has 0 radical (unpaired) electrons. The Labute approximate surface area is 43.9 Å². The van der Waals surface area contributed by atoms with E-state index in [0.29, 0.717) is 6.73 Å². The van der Waals surface area contributed by atoms with Crippen molar-refractivity contribution < 1.29 is 9.09 Å². The number of hydrogen-bond acceptors (Lipinski definition) is 3. The molecule has 0 heterocycles. The van der Waals surface area contributed by atoms with E-state index in [0.717, 1.165) is 0 Å². The topological polar surface area (TPSA) is 38.3 Å². The lowest BCUT2D eigenvalue weighted by molar-refractivity contribution is 0.311. The first kappa shape index (κ1) is 7.15. The van der Waals surface area contributed by atoms with Crippen molar-refractivity contribution in [2.75, 3.05) is 20.4 Å². The summed E-state index contributed by atoms with van der Waals surface area (Å²) >= 11 is 0. The van der Waals surface area contributed by atoms with Crippen LogP contribution in [0.2, 0.25) is 0 Å². The molecule has 0 amide bonds. The largest absolute Gasteiger partial charge is 0.315 e. The van der Waals surface area contributed by atoms with E-state index in [1.54, 1.807) is 13.7 Å². The summed E-state index contributed by atoms with van der Waals surface area (Å²) in [7, 11) is 0.0311. The van der Waals surface area contributed by atoms with E-state index in [-0.39, 0.29) is 0 Å². The Morgan fingerprint density at radius 1 is 1.86 bits per heavy atom. The molecule has 0 aromatic carbocycles. The Bertz CT molecular complexity index is 66.0. The van der Waals surface area contributed by atoms with Crippen LogP contribution in [0.4, 0.5) is 0 Å². The molecule has 1 unspecified atom stereocenters. The average Bonchev–Trinajstić information content (AvgIpc) is 1.61. The highest BCUT2D eigenvalue weighted by Crippen LogP contribution is 2.12. The van der Waals surface area contributed by atoms with Crippen molar-refractivity contribution in [2.24, 2.45) is 0 Å². The van der Waals surface area contributed by atoms with E-state index < -0.39 is 8.03 Å². The fourth-order valence-corrected chi connectivity index (χ4v) is 0.521. The SMILES string of the molecule is CNCO[PH](C)=O. The van der Waals surface area contributed by atoms with Crippen molar-refractivity contribution in [3.05, 3.63) is 0 Å². The van der Waals surface area contributed by atoms with Gasteiger partial charge in [0.05, 0.1) is 0 Å². The Morgan fingerprint density at radius 3 is 2.57 bits per heavy atom. The van der Waals surface area contributed by atoms with Gasteiger partial charge in [-0.1, -0.05) is 0 Å². The van der Waals surface area contributed by atoms with Gasteiger partial charge in [-0.2, -0.15) is 0 Å². The molecular formula is C3H10NO2P. The van der Waals surface area contributed by atoms with Crippen LogP contribution in [0, 0.1) is 0 Å². The number of rotatable bonds is 3. The third kappa shape index (κ3) is 6.15. The highest BCUT2D eigenvalue weighted by molar-refractivity contribution is 7.38. The van der Waals surface area contributed by atoms with Crippen LogP contribution < -0.4 is 5.32 Å². The third-order valence-electron chi connectivity index (χ3n) is 0.420. The van der Waals surface area contributed by atoms with Gasteiger partial charge in [-0.05, 0) is 7.05 Å². The smallest absolute Gasteiger partial charge is 0.189 e. The molecule has 4 heteroatoms. The molecule has 0 bridgehead atoms. The summed E-state index contributed by atoms with van der Waals surface area (Å²) in [5.41, 5.74) is 0. The zero-order valence-electron chi connectivity index (χ0n) is 4.52. The zero-order valence-corrected chi connectivity index (χ0v) is 5.52. The summed E-state index contributed by atoms with van der Waals surface area (Å²) in [4.78, 5) is 0. The molecule has 0 rings (SSSR count). The summed E-state index contributed by atoms with van der Waals surface area (Å²) in [6, 6.07) is 0. The predicted molar refractivity (Wildman–Crippen MR) is 29.9 cm³/mol. The van der Waals surface area contributed by atoms with E-state index >= 15 is 0 Å². The van der Waals surface area contributed by atoms with Gasteiger partial charge >= 0.3 is 0 Å². The summed E-state index contributed by atoms with van der Waals surface area (Å²) in [6.07, 6.45) is 0. The van der Waals surface area contributed by atoms with E-state index in [4.69, 9.17) is 0 Å². The van der Waals surface area contributed by atoms with Gasteiger partial charge in [0.25, 0.3) is 0 Å². The van der Waals surface area contributed by atoms with E-state index in [1.165, 1.54) is 0 Å². The van der Waals surface area contributed by atoms with Gasteiger partial charge in [0.1, 0.15) is 6.73 Å². The van der Waals surface area contributed by atoms with Crippen LogP contribution in [0.15, 0.2) is 0 Å². The van der Waals surface area contributed by atoms with Crippen molar-refractivity contribution in [3.8, 4) is 0 Å². The summed E-state index contributed by atoms with van der Waals surface area (Å²) in [5.74, 6) is 0. The number of hydrogen-bond donors (Lipinski definition) is 1. The molecule has 1 atom stereocenters. The Morgan fingerprint density at radius 2 is 2.43 bits per heavy atom. The Hall–Kier alpha value is 0.150. The van der Waals surface area contributed by atoms with Crippen molar-refractivity contribution in [2.45, 2.75) is 0 Å². The monoisotopic (exact) mass is 123 g/mol. The quantitative estimate of drug-likeness (QED) is 0.432. The van der Waals surface area contributed by atoms with Crippen LogP contribution in [-0.4, -0.2) is 20.4 Å². The van der Waals surface area contributed by atoms with Crippen LogP contribution in [0.1, 0.15) is 0 Å². The van der Waals surface area contributed by atoms with Gasteiger partial charge in [0.2, 0.25) is 0 Å². The van der Waals surface area contributed by atoms with E-state index in [9.17, 15) is 4.57 Å². The molecule has 0 saturated carbocycles. The van der Waals surface area contributed by atoms with Gasteiger partial charge in [-0.3, -0.25) is 9.88 Å². The highest BCUT2D eigenvalue weighted by atomic mass is 31.1. The fourth-order valence-electron chi connectivity index (χ4n) is 0.174. The third-order valence-corrected chi connectivity index (χ3v) is 0.971. The second-order valence-corrected chi connectivity index (χ2v) is 2.41. The van der Waals surface area contributed by atoms with Crippen molar-refractivity contribution >= 4 is 8.03 Å². The summed E-state index contributed by atoms with van der Waals surface area (Å²) < 4.78 is 14.8. The lowest BCUT2D eigenvalue weighted by Crippen LogP contribution is -2.07. The Balaban J connectivity index is 2.82. The molecule has 0 aliphatic carbocycles. The standard InChI is InChI=1S/C3H10NO2P/c1-4-3-6-7(2)5/h4,7H,3H2,1-2H3. The van der Waals surface area contributed by atoms with Crippen molar-refractivity contribution in [1.29, 1.82) is 0 Å². The van der Waals surface area contributed by atoms with Crippen LogP contribution in [0.3, 0.4) is 0 Å². The van der Waals surface area contributed by atoms with E-state index in [2.05, 4.69) is 9.84 Å². The summed E-state index contributed by atoms with van der Waals surface area (Å²) in [5, 5.41) is 2.70. The molecule has 0 fully saturated rings. The predicted octanol–water partition coefficient (Wildman–Crippen LogP) is 0.284. The average molecular weight is 123 g/mol. The molecule has 7 heavy (non-hydrogen) atoms. The molecule has 44 valence electrons. The van der Waals surface area contributed by atoms with Gasteiger partial charge in [0.15, 0.2) is 8.03 Å². The molecule has 0 aliphatic rings. The molecule has 3 nitrogen and oxygen atoms in total. The van der Waals surface area contributed by atoms with Gasteiger partial charge in [-0.25, -0.2) is 0 Å². The minimum Gasteiger partial charge on any atom is -0.315 e. The first-order chi connectivity index (χ1) is 3.27. The fraction of sp³-hybridized carbons (Fsp3) is 1.00.